The Hall–Kier alpha value is -0.390. The van der Waals surface area contributed by atoms with Gasteiger partial charge in [0.25, 0.3) is 0 Å². The fraction of sp³-hybridized carbons (Fsp3) is 0.143. The molecule has 0 unspecified atom stereocenters. The molecule has 0 N–H and O–H groups in total. The highest BCUT2D eigenvalue weighted by Crippen LogP contribution is 2.21. The Kier molecular flexibility index (Phi) is 2.69. The Labute approximate surface area is 63.3 Å². The van der Waals surface area contributed by atoms with Gasteiger partial charge in [0.15, 0.2) is 0 Å². The highest BCUT2D eigenvalue weighted by atomic mass is 32.2. The SMILES string of the molecule is CC#CSc1cccs1. The Balaban J connectivity index is 2.54. The molecule has 0 spiro atoms. The average molecular weight is 154 g/mol. The summed E-state index contributed by atoms with van der Waals surface area (Å²) in [7, 11) is 0. The maximum atomic E-state index is 2.93. The minimum Gasteiger partial charge on any atom is -0.136 e. The Morgan fingerprint density at radius 2 is 2.56 bits per heavy atom. The predicted molar refractivity (Wildman–Crippen MR) is 43.6 cm³/mol. The van der Waals surface area contributed by atoms with E-state index in [2.05, 4.69) is 22.6 Å². The molecule has 46 valence electrons. The van der Waals surface area contributed by atoms with E-state index in [-0.39, 0.29) is 0 Å². The minimum atomic E-state index is 1.27. The summed E-state index contributed by atoms with van der Waals surface area (Å²) in [5.41, 5.74) is 0. The van der Waals surface area contributed by atoms with Crippen molar-refractivity contribution in [2.45, 2.75) is 11.1 Å². The van der Waals surface area contributed by atoms with E-state index in [1.165, 1.54) is 4.21 Å². The molecule has 1 aromatic rings. The summed E-state index contributed by atoms with van der Waals surface area (Å²) in [6.45, 7) is 1.85. The summed E-state index contributed by atoms with van der Waals surface area (Å²) in [5.74, 6) is 2.83. The van der Waals surface area contributed by atoms with E-state index in [1.54, 1.807) is 23.1 Å². The van der Waals surface area contributed by atoms with Crippen molar-refractivity contribution in [2.75, 3.05) is 0 Å². The zero-order valence-corrected chi connectivity index (χ0v) is 6.68. The molecule has 0 saturated carbocycles. The molecule has 0 atom stereocenters. The first-order valence-electron chi connectivity index (χ1n) is 2.55. The van der Waals surface area contributed by atoms with Crippen LogP contribution in [0.15, 0.2) is 21.7 Å². The van der Waals surface area contributed by atoms with Crippen LogP contribution in [0.1, 0.15) is 6.92 Å². The van der Waals surface area contributed by atoms with E-state index in [1.807, 2.05) is 13.0 Å². The van der Waals surface area contributed by atoms with E-state index in [0.717, 1.165) is 0 Å². The minimum absolute atomic E-state index is 1.27. The van der Waals surface area contributed by atoms with Crippen molar-refractivity contribution in [2.24, 2.45) is 0 Å². The van der Waals surface area contributed by atoms with E-state index in [9.17, 15) is 0 Å². The topological polar surface area (TPSA) is 0 Å². The first kappa shape index (κ1) is 6.73. The van der Waals surface area contributed by atoms with Gasteiger partial charge in [-0.1, -0.05) is 12.0 Å². The average Bonchev–Trinajstić information content (AvgIpc) is 2.34. The molecule has 0 radical (unpaired) electrons. The molecule has 0 amide bonds. The molecule has 0 fully saturated rings. The van der Waals surface area contributed by atoms with Crippen LogP contribution < -0.4 is 0 Å². The van der Waals surface area contributed by atoms with Crippen molar-refractivity contribution < 1.29 is 0 Å². The summed E-state index contributed by atoms with van der Waals surface area (Å²) in [5, 5.41) is 4.98. The molecule has 0 nitrogen and oxygen atoms in total. The van der Waals surface area contributed by atoms with Crippen molar-refractivity contribution in [3.05, 3.63) is 17.5 Å². The quantitative estimate of drug-likeness (QED) is 0.443. The molecular formula is C7H6S2. The van der Waals surface area contributed by atoms with Crippen LogP contribution in [0.25, 0.3) is 0 Å². The monoisotopic (exact) mass is 154 g/mol. The lowest BCUT2D eigenvalue weighted by Gasteiger charge is -1.78. The maximum Gasteiger partial charge on any atom is 0.0726 e. The van der Waals surface area contributed by atoms with Crippen molar-refractivity contribution in [1.82, 2.24) is 0 Å². The van der Waals surface area contributed by atoms with Gasteiger partial charge in [0, 0.05) is 0 Å². The van der Waals surface area contributed by atoms with Gasteiger partial charge in [0.1, 0.15) is 0 Å². The van der Waals surface area contributed by atoms with E-state index in [0.29, 0.717) is 0 Å². The molecule has 1 rings (SSSR count). The Bertz CT molecular complexity index is 213. The highest BCUT2D eigenvalue weighted by Gasteiger charge is 1.86. The number of hydrogen-bond donors (Lipinski definition) is 0. The first-order valence-corrected chi connectivity index (χ1v) is 4.25. The van der Waals surface area contributed by atoms with E-state index < -0.39 is 0 Å². The van der Waals surface area contributed by atoms with Gasteiger partial charge < -0.3 is 0 Å². The highest BCUT2D eigenvalue weighted by molar-refractivity contribution is 8.05. The van der Waals surface area contributed by atoms with Gasteiger partial charge in [0.05, 0.1) is 4.21 Å². The third kappa shape index (κ3) is 2.13. The molecule has 2 heteroatoms. The van der Waals surface area contributed by atoms with Crippen LogP contribution in [0.3, 0.4) is 0 Å². The lowest BCUT2D eigenvalue weighted by atomic mass is 10.7. The second kappa shape index (κ2) is 3.60. The lowest BCUT2D eigenvalue weighted by molar-refractivity contribution is 1.76. The molecule has 9 heavy (non-hydrogen) atoms. The second-order valence-corrected chi connectivity index (χ2v) is 3.44. The van der Waals surface area contributed by atoms with Crippen LogP contribution >= 0.6 is 23.1 Å². The molecule has 0 aliphatic rings. The molecule has 0 bridgehead atoms. The summed E-state index contributed by atoms with van der Waals surface area (Å²) in [6, 6.07) is 4.10. The van der Waals surface area contributed by atoms with Gasteiger partial charge in [-0.05, 0) is 35.4 Å². The molecule has 0 aliphatic heterocycles. The predicted octanol–water partition coefficient (Wildman–Crippen LogP) is 2.82. The smallest absolute Gasteiger partial charge is 0.0726 e. The van der Waals surface area contributed by atoms with Crippen molar-refractivity contribution in [3.8, 4) is 11.2 Å². The third-order valence-electron chi connectivity index (χ3n) is 0.749. The molecular weight excluding hydrogens is 148 g/mol. The molecule has 0 saturated heterocycles. The van der Waals surface area contributed by atoms with Crippen LogP contribution in [0.5, 0.6) is 0 Å². The molecule has 0 aliphatic carbocycles. The lowest BCUT2D eigenvalue weighted by Crippen LogP contribution is -1.48. The van der Waals surface area contributed by atoms with Crippen LogP contribution in [0.2, 0.25) is 0 Å². The Morgan fingerprint density at radius 1 is 1.67 bits per heavy atom. The fourth-order valence-electron chi connectivity index (χ4n) is 0.423. The van der Waals surface area contributed by atoms with Gasteiger partial charge in [-0.25, -0.2) is 0 Å². The van der Waals surface area contributed by atoms with Crippen molar-refractivity contribution >= 4 is 23.1 Å². The zero-order chi connectivity index (χ0) is 6.53. The number of hydrogen-bond acceptors (Lipinski definition) is 2. The van der Waals surface area contributed by atoms with Gasteiger partial charge in [-0.2, -0.15) is 0 Å². The van der Waals surface area contributed by atoms with E-state index in [4.69, 9.17) is 0 Å². The van der Waals surface area contributed by atoms with E-state index >= 15 is 0 Å². The first-order chi connectivity index (χ1) is 4.43. The number of rotatable bonds is 1. The van der Waals surface area contributed by atoms with Crippen LogP contribution in [0, 0.1) is 11.2 Å². The molecule has 0 aromatic carbocycles. The summed E-state index contributed by atoms with van der Waals surface area (Å²) >= 11 is 3.31. The largest absolute Gasteiger partial charge is 0.136 e. The fourth-order valence-corrected chi connectivity index (χ4v) is 1.70. The zero-order valence-electron chi connectivity index (χ0n) is 5.05. The molecule has 1 aromatic heterocycles. The summed E-state index contributed by atoms with van der Waals surface area (Å²) in [4.78, 5) is 0. The number of thioether (sulfide) groups is 1. The van der Waals surface area contributed by atoms with Crippen LogP contribution in [0.4, 0.5) is 0 Å². The van der Waals surface area contributed by atoms with Gasteiger partial charge in [-0.3, -0.25) is 0 Å². The van der Waals surface area contributed by atoms with Gasteiger partial charge in [0.2, 0.25) is 0 Å². The maximum absolute atomic E-state index is 2.93. The van der Waals surface area contributed by atoms with Crippen molar-refractivity contribution in [3.63, 3.8) is 0 Å². The van der Waals surface area contributed by atoms with Gasteiger partial charge in [-0.15, -0.1) is 11.3 Å². The standard InChI is InChI=1S/C7H6S2/c1-2-5-8-7-4-3-6-9-7/h3-4,6H,1H3. The normalized spacial score (nSPS) is 8.11. The van der Waals surface area contributed by atoms with Crippen LogP contribution in [-0.4, -0.2) is 0 Å². The third-order valence-corrected chi connectivity index (χ3v) is 2.59. The summed E-state index contributed by atoms with van der Waals surface area (Å²) in [6.07, 6.45) is 0. The Morgan fingerprint density at radius 3 is 3.11 bits per heavy atom. The summed E-state index contributed by atoms with van der Waals surface area (Å²) < 4.78 is 1.27. The van der Waals surface area contributed by atoms with Crippen molar-refractivity contribution in [1.29, 1.82) is 0 Å². The number of thiophene rings is 1. The molecule has 1 heterocycles. The second-order valence-electron chi connectivity index (χ2n) is 1.39. The van der Waals surface area contributed by atoms with Crippen LogP contribution in [-0.2, 0) is 0 Å². The van der Waals surface area contributed by atoms with Gasteiger partial charge >= 0.3 is 0 Å².